The number of aliphatic hydroxyl groups excluding tert-OH is 1. The van der Waals surface area contributed by atoms with E-state index in [1.807, 2.05) is 0 Å². The zero-order chi connectivity index (χ0) is 51.2. The van der Waals surface area contributed by atoms with Crippen LogP contribution in [0.15, 0.2) is 63.8 Å². The van der Waals surface area contributed by atoms with Gasteiger partial charge in [-0.3, -0.25) is 9.69 Å². The second-order valence-electron chi connectivity index (χ2n) is 30.9. The molecule has 16 atom stereocenters. The number of nitrogens with zero attached hydrogens (tertiary/aromatic N) is 2. The fraction of sp³-hybridized carbons (Fsp3) is 0.768. The Morgan fingerprint density at radius 1 is 0.779 bits per heavy atom. The predicted octanol–water partition coefficient (Wildman–Crippen LogP) is 13.7. The maximum absolute atomic E-state index is 16.9. The summed E-state index contributed by atoms with van der Waals surface area (Å²) >= 11 is 0. The number of nitrogens with two attached hydrogens (primary N) is 1. The minimum absolute atomic E-state index is 0.112. The molecule has 8 nitrogen and oxygen atoms in total. The number of hydrogen-bond donors (Lipinski definition) is 2. The summed E-state index contributed by atoms with van der Waals surface area (Å²) in [5.74, 6) is 3.85. The summed E-state index contributed by atoms with van der Waals surface area (Å²) in [5.41, 5.74) is 15.3. The molecule has 9 heterocycles. The third-order valence-corrected chi connectivity index (χ3v) is 29.1. The van der Waals surface area contributed by atoms with Crippen molar-refractivity contribution in [3.05, 3.63) is 80.5 Å². The summed E-state index contributed by atoms with van der Waals surface area (Å²) in [6, 6.07) is 7.27. The van der Waals surface area contributed by atoms with Crippen molar-refractivity contribution in [3.8, 4) is 0 Å². The Labute approximate surface area is 459 Å². The Morgan fingerprint density at radius 3 is 2.43 bits per heavy atom. The summed E-state index contributed by atoms with van der Waals surface area (Å²) in [7, 11) is 0. The van der Waals surface area contributed by atoms with Crippen molar-refractivity contribution in [3.63, 3.8) is 0 Å². The van der Waals surface area contributed by atoms with Crippen LogP contribution in [0.2, 0.25) is 0 Å². The Hall–Kier alpha value is -3.36. The van der Waals surface area contributed by atoms with E-state index < -0.39 is 16.4 Å². The molecule has 8 heteroatoms. The molecule has 10 fully saturated rings. The second kappa shape index (κ2) is 15.8. The molecule has 21 rings (SSSR count). The smallest absolute Gasteiger partial charge is 0.339 e. The third kappa shape index (κ3) is 5.34. The lowest BCUT2D eigenvalue weighted by Crippen LogP contribution is -2.78. The lowest BCUT2D eigenvalue weighted by atomic mass is 9.26. The van der Waals surface area contributed by atoms with Crippen molar-refractivity contribution >= 4 is 11.9 Å². The van der Waals surface area contributed by atoms with Crippen LogP contribution in [0.4, 0.5) is 0 Å². The normalized spacial score (nSPS) is 48.6. The molecule has 0 radical (unpaired) electrons. The molecule has 0 amide bonds. The molecule has 7 saturated carbocycles. The molecule has 1 unspecified atom stereocenters. The molecule has 1 aromatic carbocycles. The first-order valence-corrected chi connectivity index (χ1v) is 32.9. The van der Waals surface area contributed by atoms with E-state index in [1.165, 1.54) is 153 Å². The SMILES string of the molecule is C[C@H]1CC2=C3[C@H]4C5=C6[C@@H]7C[C@@]41CCC7=C[C@@H](C1CCCC1)C[C@H]1[C@]64C(=O)O/C(=C(/O)C[C@@H]([C@@H]6CC7(CCCC7)[C@]7(CCCC78CCCC8)C6)N6C[C@H]7C[C@@H](C6)[C@@H](CC2)N3C7)[C@@]4(CC5)[C@]12OC(=O)c1c(CCCN)cccc12. The molecule has 3 saturated heterocycles. The minimum atomic E-state index is -1.13. The van der Waals surface area contributed by atoms with E-state index in [0.717, 1.165) is 56.3 Å². The van der Waals surface area contributed by atoms with E-state index in [1.54, 1.807) is 22.4 Å². The predicted molar refractivity (Wildman–Crippen MR) is 296 cm³/mol. The number of carbonyl (C=O) groups is 2. The average Bonchev–Trinajstić information content (AvgIpc) is 4.51. The standard InChI is InChI=1S/C69H89N3O5/c1-40-29-45-16-17-52-47-30-41-37-71(39-47)53(48-34-64(22-6-7-23-64)66(35-48)25-10-24-63(66)20-4-5-21-63)33-54(73)60-67-27-19-49-57-50-36-65(40,58(49)59(45)72(52)38-41)26-18-44(50)31-46(42-11-2-3-12-42)32-55(68(57,67)62(75)76-60)69(67)51-15-8-13-43(14-9-28-70)56(51)61(74)77-69/h8,13,15,31,40-42,46-48,50,52-53,55,58,73H,2-7,9-12,14,16-30,32-39,70H2,1H3/b44-31?,60-54+/t40-,41+,46+,47-,48+,50+,52+,53-,55-,58+,65+,66+,67+,68+,69+/m0/s1. The molecule has 77 heavy (non-hydrogen) atoms. The molecular formula is C69H89N3O5. The molecule has 410 valence electrons. The second-order valence-corrected chi connectivity index (χ2v) is 30.9. The summed E-state index contributed by atoms with van der Waals surface area (Å²) in [5, 5.41) is 14.2. The molecular weight excluding hydrogens is 951 g/mol. The zero-order valence-electron chi connectivity index (χ0n) is 46.8. The molecule has 14 bridgehead atoms. The highest BCUT2D eigenvalue weighted by Crippen LogP contribution is 2.90. The zero-order valence-corrected chi connectivity index (χ0v) is 46.8. The number of hydrogen-bond acceptors (Lipinski definition) is 8. The van der Waals surface area contributed by atoms with Gasteiger partial charge in [0.05, 0.1) is 11.0 Å². The maximum Gasteiger partial charge on any atom is 0.339 e. The molecule has 0 aromatic heterocycles. The number of fused-ring (bicyclic) bond motifs is 5. The number of rotatable bonds is 5. The number of allylic oxidation sites excluding steroid dienone is 4. The Morgan fingerprint density at radius 2 is 1.60 bits per heavy atom. The van der Waals surface area contributed by atoms with Gasteiger partial charge in [0.25, 0.3) is 0 Å². The van der Waals surface area contributed by atoms with E-state index >= 15 is 9.59 Å². The lowest BCUT2D eigenvalue weighted by molar-refractivity contribution is -0.283. The first-order valence-electron chi connectivity index (χ1n) is 32.9. The summed E-state index contributed by atoms with van der Waals surface area (Å²) < 4.78 is 15.0. The summed E-state index contributed by atoms with van der Waals surface area (Å²) in [6.07, 6.45) is 38.8. The van der Waals surface area contributed by atoms with Gasteiger partial charge in [-0.25, -0.2) is 4.79 Å². The van der Waals surface area contributed by atoms with Crippen LogP contribution in [0, 0.1) is 85.8 Å². The van der Waals surface area contributed by atoms with Crippen molar-refractivity contribution in [2.24, 2.45) is 91.5 Å². The van der Waals surface area contributed by atoms with Gasteiger partial charge in [0.15, 0.2) is 11.4 Å². The first-order chi connectivity index (χ1) is 37.6. The van der Waals surface area contributed by atoms with Gasteiger partial charge in [-0.05, 0) is 216 Å². The Bertz CT molecular complexity index is 2920. The van der Waals surface area contributed by atoms with Gasteiger partial charge in [0.2, 0.25) is 0 Å². The molecule has 20 aliphatic rings. The van der Waals surface area contributed by atoms with Crippen LogP contribution in [-0.4, -0.2) is 65.1 Å². The number of esters is 2. The fourth-order valence-electron chi connectivity index (χ4n) is 27.0. The molecule has 11 aliphatic carbocycles. The van der Waals surface area contributed by atoms with Crippen LogP contribution >= 0.6 is 0 Å². The van der Waals surface area contributed by atoms with Crippen LogP contribution in [0.1, 0.15) is 215 Å². The highest BCUT2D eigenvalue weighted by molar-refractivity contribution is 6.00. The highest BCUT2D eigenvalue weighted by Gasteiger charge is 2.94. The van der Waals surface area contributed by atoms with Crippen LogP contribution in [-0.2, 0) is 26.3 Å². The Balaban J connectivity index is 0.903. The van der Waals surface area contributed by atoms with Crippen molar-refractivity contribution in [1.82, 2.24) is 9.80 Å². The number of aliphatic hydroxyl groups is 1. The lowest BCUT2D eigenvalue weighted by Gasteiger charge is -2.74. The fourth-order valence-corrected chi connectivity index (χ4v) is 27.0. The van der Waals surface area contributed by atoms with Gasteiger partial charge in [-0.1, -0.05) is 92.9 Å². The third-order valence-electron chi connectivity index (χ3n) is 29.1. The quantitative estimate of drug-likeness (QED) is 0.222. The maximum atomic E-state index is 16.9. The van der Waals surface area contributed by atoms with E-state index in [9.17, 15) is 5.11 Å². The summed E-state index contributed by atoms with van der Waals surface area (Å²) in [4.78, 5) is 38.5. The molecule has 3 N–H and O–H groups in total. The van der Waals surface area contributed by atoms with Gasteiger partial charge in [0, 0.05) is 67.2 Å². The topological polar surface area (TPSA) is 105 Å². The van der Waals surface area contributed by atoms with Crippen molar-refractivity contribution < 1.29 is 24.2 Å². The molecule has 9 aliphatic heterocycles. The van der Waals surface area contributed by atoms with Crippen LogP contribution in [0.3, 0.4) is 0 Å². The van der Waals surface area contributed by atoms with Crippen LogP contribution < -0.4 is 5.73 Å². The largest absolute Gasteiger partial charge is 0.509 e. The van der Waals surface area contributed by atoms with Crippen molar-refractivity contribution in [2.45, 2.75) is 217 Å². The van der Waals surface area contributed by atoms with Gasteiger partial charge >= 0.3 is 11.9 Å². The van der Waals surface area contributed by atoms with Crippen molar-refractivity contribution in [2.75, 3.05) is 26.2 Å². The molecule has 7 spiro atoms. The minimum Gasteiger partial charge on any atom is -0.509 e. The van der Waals surface area contributed by atoms with E-state index in [2.05, 4.69) is 41.0 Å². The van der Waals surface area contributed by atoms with E-state index in [-0.39, 0.29) is 35.2 Å². The number of ether oxygens (including phenoxy) is 2. The number of benzene rings is 1. The highest BCUT2D eigenvalue weighted by atomic mass is 16.6. The van der Waals surface area contributed by atoms with E-state index in [0.29, 0.717) is 107 Å². The number of aryl methyl sites for hydroxylation is 1. The molecule has 1 aromatic rings. The van der Waals surface area contributed by atoms with Crippen molar-refractivity contribution in [1.29, 1.82) is 0 Å². The monoisotopic (exact) mass is 1040 g/mol. The summed E-state index contributed by atoms with van der Waals surface area (Å²) in [6.45, 7) is 6.59. The van der Waals surface area contributed by atoms with Gasteiger partial charge in [0.1, 0.15) is 11.2 Å². The number of carbonyl (C=O) groups excluding carboxylic acids is 2. The first kappa shape index (κ1) is 47.3. The average molecular weight is 1040 g/mol. The van der Waals surface area contributed by atoms with E-state index in [4.69, 9.17) is 15.2 Å². The van der Waals surface area contributed by atoms with Gasteiger partial charge < -0.3 is 25.2 Å². The van der Waals surface area contributed by atoms with Crippen LogP contribution in [0.5, 0.6) is 0 Å². The number of piperidine rings is 2. The van der Waals surface area contributed by atoms with Gasteiger partial charge in [-0.2, -0.15) is 0 Å². The van der Waals surface area contributed by atoms with Gasteiger partial charge in [-0.15, -0.1) is 0 Å². The Kier molecular flexibility index (Phi) is 9.70. The van der Waals surface area contributed by atoms with Crippen LogP contribution in [0.25, 0.3) is 0 Å².